The summed E-state index contributed by atoms with van der Waals surface area (Å²) in [6, 6.07) is 7.94. The Morgan fingerprint density at radius 3 is 2.19 bits per heavy atom. The summed E-state index contributed by atoms with van der Waals surface area (Å²) in [4.78, 5) is 12.0. The molecule has 0 bridgehead atoms. The van der Waals surface area contributed by atoms with Crippen LogP contribution in [0.15, 0.2) is 30.3 Å². The second-order valence-corrected chi connectivity index (χ2v) is 8.89. The highest BCUT2D eigenvalue weighted by atomic mass is 32.2. The van der Waals surface area contributed by atoms with Gasteiger partial charge in [0.2, 0.25) is 0 Å². The molecule has 0 aliphatic rings. The lowest BCUT2D eigenvalue weighted by Crippen LogP contribution is -2.52. The van der Waals surface area contributed by atoms with Crippen LogP contribution in [0.25, 0.3) is 0 Å². The van der Waals surface area contributed by atoms with Crippen LogP contribution < -0.4 is 5.32 Å². The molecule has 148 valence electrons. The first kappa shape index (κ1) is 22.2. The fourth-order valence-corrected chi connectivity index (χ4v) is 2.67. The predicted molar refractivity (Wildman–Crippen MR) is 90.6 cm³/mol. The zero-order valence-corrected chi connectivity index (χ0v) is 15.8. The number of alkyl halides is 3. The van der Waals surface area contributed by atoms with Gasteiger partial charge in [0, 0.05) is 13.6 Å². The molecule has 0 unspecified atom stereocenters. The molecule has 1 aromatic rings. The number of hydrogen-bond acceptors (Lipinski definition) is 4. The van der Waals surface area contributed by atoms with E-state index in [1.54, 1.807) is 51.1 Å². The van der Waals surface area contributed by atoms with E-state index >= 15 is 0 Å². The molecule has 0 aliphatic carbocycles. The van der Waals surface area contributed by atoms with Crippen molar-refractivity contribution in [1.82, 2.24) is 9.62 Å². The van der Waals surface area contributed by atoms with E-state index < -0.39 is 39.6 Å². The first-order valence-electron chi connectivity index (χ1n) is 7.75. The van der Waals surface area contributed by atoms with E-state index in [0.717, 1.165) is 12.6 Å². The second-order valence-electron chi connectivity index (χ2n) is 6.86. The normalized spacial score (nSPS) is 14.2. The minimum Gasteiger partial charge on any atom is -0.445 e. The molecule has 1 rings (SSSR count). The van der Waals surface area contributed by atoms with E-state index in [1.165, 1.54) is 0 Å². The number of rotatable bonds is 6. The summed E-state index contributed by atoms with van der Waals surface area (Å²) in [5.74, 6) is 0. The molecule has 0 fully saturated rings. The van der Waals surface area contributed by atoms with Gasteiger partial charge in [-0.1, -0.05) is 51.1 Å². The molecule has 0 heterocycles. The van der Waals surface area contributed by atoms with E-state index in [2.05, 4.69) is 5.32 Å². The summed E-state index contributed by atoms with van der Waals surface area (Å²) in [5.41, 5.74) is -5.37. The number of amides is 1. The first-order chi connectivity index (χ1) is 11.7. The van der Waals surface area contributed by atoms with Crippen LogP contribution in [0, 0.1) is 5.41 Å². The maximum absolute atomic E-state index is 12.7. The standard InChI is InChI=1S/C16H23F3N2O4S/c1-15(2,3)13(10-21(4)26(23,24)16(17,18)19)20-14(22)25-11-12-8-6-5-7-9-12/h5-9,13H,10-11H2,1-4H3,(H,20,22)/t13-/m1/s1. The predicted octanol–water partition coefficient (Wildman–Crippen LogP) is 3.11. The molecule has 1 amide bonds. The lowest BCUT2D eigenvalue weighted by atomic mass is 9.87. The number of alkyl carbamates (subject to hydrolysis) is 1. The van der Waals surface area contributed by atoms with Crippen LogP contribution in [-0.2, 0) is 21.4 Å². The quantitative estimate of drug-likeness (QED) is 0.802. The van der Waals surface area contributed by atoms with Gasteiger partial charge in [0.25, 0.3) is 0 Å². The Morgan fingerprint density at radius 1 is 1.19 bits per heavy atom. The number of benzene rings is 1. The molecule has 0 aromatic heterocycles. The van der Waals surface area contributed by atoms with Gasteiger partial charge in [-0.05, 0) is 11.0 Å². The van der Waals surface area contributed by atoms with Crippen LogP contribution in [0.1, 0.15) is 26.3 Å². The number of halogens is 3. The Labute approximate surface area is 151 Å². The van der Waals surface area contributed by atoms with Crippen LogP contribution >= 0.6 is 0 Å². The third-order valence-corrected chi connectivity index (χ3v) is 5.25. The number of likely N-dealkylation sites (N-methyl/N-ethyl adjacent to an activating group) is 1. The molecule has 1 aromatic carbocycles. The number of sulfonamides is 1. The van der Waals surface area contributed by atoms with Crippen molar-refractivity contribution >= 4 is 16.1 Å². The van der Waals surface area contributed by atoms with Crippen molar-refractivity contribution in [3.63, 3.8) is 0 Å². The molecule has 0 saturated carbocycles. The number of carbonyl (C=O) groups excluding carboxylic acids is 1. The molecule has 0 spiro atoms. The van der Waals surface area contributed by atoms with Crippen LogP contribution in [-0.4, -0.2) is 44.0 Å². The van der Waals surface area contributed by atoms with E-state index in [0.29, 0.717) is 0 Å². The molecular formula is C16H23F3N2O4S. The highest BCUT2D eigenvalue weighted by Gasteiger charge is 2.49. The van der Waals surface area contributed by atoms with Crippen LogP contribution in [0.2, 0.25) is 0 Å². The smallest absolute Gasteiger partial charge is 0.445 e. The van der Waals surface area contributed by atoms with E-state index in [-0.39, 0.29) is 10.9 Å². The van der Waals surface area contributed by atoms with Gasteiger partial charge in [0.1, 0.15) is 6.61 Å². The topological polar surface area (TPSA) is 75.7 Å². The van der Waals surface area contributed by atoms with Gasteiger partial charge in [-0.25, -0.2) is 13.2 Å². The minimum atomic E-state index is -5.48. The highest BCUT2D eigenvalue weighted by molar-refractivity contribution is 7.89. The molecule has 6 nitrogen and oxygen atoms in total. The van der Waals surface area contributed by atoms with Crippen molar-refractivity contribution in [2.24, 2.45) is 5.41 Å². The molecule has 0 aliphatic heterocycles. The van der Waals surface area contributed by atoms with E-state index in [4.69, 9.17) is 4.74 Å². The van der Waals surface area contributed by atoms with Gasteiger partial charge < -0.3 is 10.1 Å². The van der Waals surface area contributed by atoms with Gasteiger partial charge in [0.15, 0.2) is 0 Å². The number of hydrogen-bond donors (Lipinski definition) is 1. The summed E-state index contributed by atoms with van der Waals surface area (Å²) >= 11 is 0. The fourth-order valence-electron chi connectivity index (χ4n) is 1.97. The monoisotopic (exact) mass is 396 g/mol. The van der Waals surface area contributed by atoms with Crippen molar-refractivity contribution in [3.8, 4) is 0 Å². The molecule has 1 N–H and O–H groups in total. The SMILES string of the molecule is CN(C[C@@H](NC(=O)OCc1ccccc1)C(C)(C)C)S(=O)(=O)C(F)(F)F. The number of nitrogens with one attached hydrogen (secondary N) is 1. The zero-order chi connectivity index (χ0) is 20.2. The van der Waals surface area contributed by atoms with Gasteiger partial charge >= 0.3 is 21.6 Å². The van der Waals surface area contributed by atoms with Crippen molar-refractivity contribution in [2.45, 2.75) is 38.9 Å². The van der Waals surface area contributed by atoms with Crippen LogP contribution in [0.4, 0.5) is 18.0 Å². The summed E-state index contributed by atoms with van der Waals surface area (Å²) in [6.07, 6.45) is -0.841. The summed E-state index contributed by atoms with van der Waals surface area (Å²) in [5, 5.41) is 2.45. The molecule has 0 radical (unpaired) electrons. The highest BCUT2D eigenvalue weighted by Crippen LogP contribution is 2.28. The average Bonchev–Trinajstić information content (AvgIpc) is 2.51. The third kappa shape index (κ3) is 6.17. The zero-order valence-electron chi connectivity index (χ0n) is 15.0. The Balaban J connectivity index is 2.77. The van der Waals surface area contributed by atoms with Gasteiger partial charge in [-0.3, -0.25) is 0 Å². The van der Waals surface area contributed by atoms with Crippen molar-refractivity contribution in [2.75, 3.05) is 13.6 Å². The fraction of sp³-hybridized carbons (Fsp3) is 0.562. The van der Waals surface area contributed by atoms with Crippen molar-refractivity contribution < 1.29 is 31.1 Å². The number of carbonyl (C=O) groups is 1. The van der Waals surface area contributed by atoms with Crippen LogP contribution in [0.5, 0.6) is 0 Å². The summed E-state index contributed by atoms with van der Waals surface area (Å²) in [7, 11) is -4.66. The van der Waals surface area contributed by atoms with Crippen LogP contribution in [0.3, 0.4) is 0 Å². The van der Waals surface area contributed by atoms with E-state index in [9.17, 15) is 26.4 Å². The average molecular weight is 396 g/mol. The number of nitrogens with zero attached hydrogens (tertiary/aromatic N) is 1. The maximum Gasteiger partial charge on any atom is 0.511 e. The lowest BCUT2D eigenvalue weighted by Gasteiger charge is -2.34. The first-order valence-corrected chi connectivity index (χ1v) is 9.19. The Morgan fingerprint density at radius 2 is 1.73 bits per heavy atom. The Hall–Kier alpha value is -1.81. The summed E-state index contributed by atoms with van der Waals surface area (Å²) < 4.78 is 66.1. The molecule has 10 heteroatoms. The van der Waals surface area contributed by atoms with Gasteiger partial charge in [-0.15, -0.1) is 0 Å². The van der Waals surface area contributed by atoms with Gasteiger partial charge in [0.05, 0.1) is 6.04 Å². The van der Waals surface area contributed by atoms with Crippen molar-refractivity contribution in [3.05, 3.63) is 35.9 Å². The molecule has 0 saturated heterocycles. The lowest BCUT2D eigenvalue weighted by molar-refractivity contribution is -0.0486. The Kier molecular flexibility index (Phi) is 7.06. The van der Waals surface area contributed by atoms with E-state index in [1.807, 2.05) is 0 Å². The largest absolute Gasteiger partial charge is 0.511 e. The minimum absolute atomic E-state index is 0.0137. The molecular weight excluding hydrogens is 373 g/mol. The Bertz CT molecular complexity index is 700. The number of ether oxygens (including phenoxy) is 1. The summed E-state index contributed by atoms with van der Waals surface area (Å²) in [6.45, 7) is 4.45. The third-order valence-electron chi connectivity index (χ3n) is 3.69. The molecule has 1 atom stereocenters. The van der Waals surface area contributed by atoms with Crippen molar-refractivity contribution in [1.29, 1.82) is 0 Å². The van der Waals surface area contributed by atoms with Gasteiger partial charge in [-0.2, -0.15) is 17.5 Å². The second kappa shape index (κ2) is 8.26. The molecule has 26 heavy (non-hydrogen) atoms. The maximum atomic E-state index is 12.7.